The van der Waals surface area contributed by atoms with Crippen LogP contribution in [0, 0.1) is 0 Å². The van der Waals surface area contributed by atoms with Crippen LogP contribution in [0.5, 0.6) is 0 Å². The Morgan fingerprint density at radius 3 is 2.60 bits per heavy atom. The lowest BCUT2D eigenvalue weighted by Gasteiger charge is -2.26. The number of anilines is 1. The van der Waals surface area contributed by atoms with Gasteiger partial charge in [0.25, 0.3) is 0 Å². The quantitative estimate of drug-likeness (QED) is 0.876. The molecule has 1 heterocycles. The zero-order chi connectivity index (χ0) is 15.3. The van der Waals surface area contributed by atoms with E-state index in [1.807, 2.05) is 24.2 Å². The number of halogens is 1. The molecule has 0 spiro atoms. The summed E-state index contributed by atoms with van der Waals surface area (Å²) in [6.45, 7) is 9.89. The van der Waals surface area contributed by atoms with Gasteiger partial charge >= 0.3 is 0 Å². The smallest absolute Gasteiger partial charge is 0.147 e. The predicted octanol–water partition coefficient (Wildman–Crippen LogP) is 3.09. The molecule has 1 N–H and O–H groups in total. The minimum atomic E-state index is 0.0783. The number of pyridine rings is 1. The maximum atomic E-state index is 6.35. The summed E-state index contributed by atoms with van der Waals surface area (Å²) in [7, 11) is 3.67. The molecule has 1 aromatic rings. The van der Waals surface area contributed by atoms with Gasteiger partial charge < -0.3 is 15.0 Å². The van der Waals surface area contributed by atoms with Crippen molar-refractivity contribution in [1.82, 2.24) is 10.3 Å². The van der Waals surface area contributed by atoms with Crippen LogP contribution in [-0.2, 0) is 11.3 Å². The summed E-state index contributed by atoms with van der Waals surface area (Å²) in [6.07, 6.45) is 1.87. The molecule has 5 heteroatoms. The average molecular weight is 300 g/mol. The molecule has 1 rings (SSSR count). The molecule has 0 aromatic carbocycles. The molecule has 0 fully saturated rings. The van der Waals surface area contributed by atoms with E-state index < -0.39 is 0 Å². The van der Waals surface area contributed by atoms with Crippen molar-refractivity contribution in [3.8, 4) is 0 Å². The van der Waals surface area contributed by atoms with Gasteiger partial charge in [-0.25, -0.2) is 4.98 Å². The van der Waals surface area contributed by atoms with Crippen LogP contribution in [0.3, 0.4) is 0 Å². The molecule has 1 unspecified atom stereocenters. The predicted molar refractivity (Wildman–Crippen MR) is 85.6 cm³/mol. The summed E-state index contributed by atoms with van der Waals surface area (Å²) >= 11 is 6.35. The van der Waals surface area contributed by atoms with E-state index in [0.717, 1.165) is 17.9 Å². The molecule has 0 saturated heterocycles. The van der Waals surface area contributed by atoms with E-state index in [0.29, 0.717) is 11.6 Å². The van der Waals surface area contributed by atoms with Crippen molar-refractivity contribution in [1.29, 1.82) is 0 Å². The van der Waals surface area contributed by atoms with Crippen molar-refractivity contribution in [2.24, 2.45) is 0 Å². The Balaban J connectivity index is 2.77. The van der Waals surface area contributed by atoms with Gasteiger partial charge in [0, 0.05) is 32.4 Å². The number of aromatic nitrogens is 1. The van der Waals surface area contributed by atoms with Crippen LogP contribution in [0.2, 0.25) is 5.02 Å². The first-order valence-corrected chi connectivity index (χ1v) is 7.23. The second kappa shape index (κ2) is 7.25. The first kappa shape index (κ1) is 17.2. The normalized spacial score (nSPS) is 13.3. The van der Waals surface area contributed by atoms with Crippen LogP contribution in [0.4, 0.5) is 5.82 Å². The molecule has 4 nitrogen and oxygen atoms in total. The Labute approximate surface area is 127 Å². The largest absolute Gasteiger partial charge is 0.383 e. The second-order valence-corrected chi connectivity index (χ2v) is 6.58. The van der Waals surface area contributed by atoms with E-state index >= 15 is 0 Å². The van der Waals surface area contributed by atoms with Crippen molar-refractivity contribution >= 4 is 17.4 Å². The number of likely N-dealkylation sites (N-methyl/N-ethyl adjacent to an activating group) is 1. The van der Waals surface area contributed by atoms with Crippen molar-refractivity contribution in [2.45, 2.75) is 45.8 Å². The average Bonchev–Trinajstić information content (AvgIpc) is 2.35. The Morgan fingerprint density at radius 1 is 1.45 bits per heavy atom. The summed E-state index contributed by atoms with van der Waals surface area (Å²) in [4.78, 5) is 6.52. The SMILES string of the molecule is COCC(C)N(C)c1ncc(CNC(C)(C)C)cc1Cl. The zero-order valence-electron chi connectivity index (χ0n) is 13.3. The molecule has 114 valence electrons. The molecule has 0 amide bonds. The Bertz CT molecular complexity index is 432. The molecular formula is C15H26ClN3O. The monoisotopic (exact) mass is 299 g/mol. The lowest BCUT2D eigenvalue weighted by atomic mass is 10.1. The molecule has 0 aliphatic heterocycles. The minimum Gasteiger partial charge on any atom is -0.383 e. The third-order valence-electron chi connectivity index (χ3n) is 3.10. The number of hydrogen-bond donors (Lipinski definition) is 1. The van der Waals surface area contributed by atoms with Gasteiger partial charge in [0.1, 0.15) is 5.82 Å². The van der Waals surface area contributed by atoms with E-state index in [1.54, 1.807) is 7.11 Å². The Kier molecular flexibility index (Phi) is 6.24. The third kappa shape index (κ3) is 5.27. The first-order chi connectivity index (χ1) is 9.24. The number of ether oxygens (including phenoxy) is 1. The van der Waals surface area contributed by atoms with E-state index in [4.69, 9.17) is 16.3 Å². The fraction of sp³-hybridized carbons (Fsp3) is 0.667. The topological polar surface area (TPSA) is 37.4 Å². The standard InChI is InChI=1S/C15H26ClN3O/c1-11(10-20-6)19(5)14-13(16)7-12(8-17-14)9-18-15(2,3)4/h7-8,11,18H,9-10H2,1-6H3. The highest BCUT2D eigenvalue weighted by molar-refractivity contribution is 6.33. The summed E-state index contributed by atoms with van der Waals surface area (Å²) in [6, 6.07) is 2.20. The summed E-state index contributed by atoms with van der Waals surface area (Å²) in [5.41, 5.74) is 1.16. The van der Waals surface area contributed by atoms with Gasteiger partial charge in [0.05, 0.1) is 17.7 Å². The van der Waals surface area contributed by atoms with E-state index in [-0.39, 0.29) is 11.6 Å². The van der Waals surface area contributed by atoms with Gasteiger partial charge in [-0.2, -0.15) is 0 Å². The molecule has 20 heavy (non-hydrogen) atoms. The molecule has 1 atom stereocenters. The minimum absolute atomic E-state index is 0.0783. The second-order valence-electron chi connectivity index (χ2n) is 6.17. The molecule has 0 aliphatic carbocycles. The third-order valence-corrected chi connectivity index (χ3v) is 3.38. The van der Waals surface area contributed by atoms with E-state index in [9.17, 15) is 0 Å². The highest BCUT2D eigenvalue weighted by Crippen LogP contribution is 2.24. The summed E-state index contributed by atoms with van der Waals surface area (Å²) in [5, 5.41) is 4.09. The van der Waals surface area contributed by atoms with Crippen LogP contribution in [-0.4, -0.2) is 37.3 Å². The number of methoxy groups -OCH3 is 1. The zero-order valence-corrected chi connectivity index (χ0v) is 14.1. The van der Waals surface area contributed by atoms with E-state index in [2.05, 4.69) is 38.0 Å². The first-order valence-electron chi connectivity index (χ1n) is 6.86. The van der Waals surface area contributed by atoms with Crippen LogP contribution in [0.1, 0.15) is 33.3 Å². The van der Waals surface area contributed by atoms with Crippen LogP contribution < -0.4 is 10.2 Å². The number of nitrogens with one attached hydrogen (secondary N) is 1. The van der Waals surface area contributed by atoms with Crippen molar-refractivity contribution in [3.05, 3.63) is 22.8 Å². The maximum Gasteiger partial charge on any atom is 0.147 e. The molecular weight excluding hydrogens is 274 g/mol. The lowest BCUT2D eigenvalue weighted by molar-refractivity contribution is 0.183. The Morgan fingerprint density at radius 2 is 2.10 bits per heavy atom. The van der Waals surface area contributed by atoms with Crippen molar-refractivity contribution in [3.63, 3.8) is 0 Å². The van der Waals surface area contributed by atoms with Gasteiger partial charge in [0.2, 0.25) is 0 Å². The van der Waals surface area contributed by atoms with Crippen LogP contribution in [0.25, 0.3) is 0 Å². The fourth-order valence-corrected chi connectivity index (χ4v) is 2.08. The van der Waals surface area contributed by atoms with E-state index in [1.165, 1.54) is 0 Å². The van der Waals surface area contributed by atoms with Gasteiger partial charge in [-0.3, -0.25) is 0 Å². The van der Waals surface area contributed by atoms with Crippen LogP contribution >= 0.6 is 11.6 Å². The van der Waals surface area contributed by atoms with Crippen molar-refractivity contribution < 1.29 is 4.74 Å². The summed E-state index contributed by atoms with van der Waals surface area (Å²) < 4.78 is 5.16. The van der Waals surface area contributed by atoms with Crippen LogP contribution in [0.15, 0.2) is 12.3 Å². The molecule has 0 aliphatic rings. The molecule has 1 aromatic heterocycles. The van der Waals surface area contributed by atoms with Gasteiger partial charge in [0.15, 0.2) is 0 Å². The highest BCUT2D eigenvalue weighted by atomic mass is 35.5. The number of nitrogens with zero attached hydrogens (tertiary/aromatic N) is 2. The van der Waals surface area contributed by atoms with Gasteiger partial charge in [-0.15, -0.1) is 0 Å². The molecule has 0 radical (unpaired) electrons. The van der Waals surface area contributed by atoms with Gasteiger partial charge in [-0.05, 0) is 39.3 Å². The lowest BCUT2D eigenvalue weighted by Crippen LogP contribution is -2.35. The number of rotatable bonds is 6. The van der Waals surface area contributed by atoms with Gasteiger partial charge in [-0.1, -0.05) is 11.6 Å². The highest BCUT2D eigenvalue weighted by Gasteiger charge is 2.15. The van der Waals surface area contributed by atoms with Crippen molar-refractivity contribution in [2.75, 3.05) is 25.7 Å². The number of hydrogen-bond acceptors (Lipinski definition) is 4. The molecule has 0 bridgehead atoms. The fourth-order valence-electron chi connectivity index (χ4n) is 1.76. The maximum absolute atomic E-state index is 6.35. The Hall–Kier alpha value is -0.840. The summed E-state index contributed by atoms with van der Waals surface area (Å²) in [5.74, 6) is 0.788. The molecule has 0 saturated carbocycles.